The lowest BCUT2D eigenvalue weighted by atomic mass is 10.1. The Morgan fingerprint density at radius 2 is 2.05 bits per heavy atom. The number of hydrogen-bond acceptors (Lipinski definition) is 4. The predicted molar refractivity (Wildman–Crippen MR) is 85.8 cm³/mol. The quantitative estimate of drug-likeness (QED) is 0.760. The molecule has 0 fully saturated rings. The summed E-state index contributed by atoms with van der Waals surface area (Å²) in [5.41, 5.74) is 2.13. The van der Waals surface area contributed by atoms with Crippen molar-refractivity contribution in [1.29, 1.82) is 0 Å². The molecule has 0 saturated carbocycles. The smallest absolute Gasteiger partial charge is 0.0818 e. The van der Waals surface area contributed by atoms with Crippen LogP contribution in [-0.2, 0) is 6.42 Å². The van der Waals surface area contributed by atoms with Gasteiger partial charge in [0.2, 0.25) is 0 Å². The number of aromatic nitrogens is 3. The van der Waals surface area contributed by atoms with Crippen molar-refractivity contribution in [3.63, 3.8) is 0 Å². The Kier molecular flexibility index (Phi) is 4.43. The van der Waals surface area contributed by atoms with Gasteiger partial charge in [0.25, 0.3) is 0 Å². The molecule has 5 heteroatoms. The average Bonchev–Trinajstić information content (AvgIpc) is 3.19. The average molecular weight is 298 g/mol. The van der Waals surface area contributed by atoms with Crippen LogP contribution in [0, 0.1) is 0 Å². The number of hydrogen-bond donors (Lipinski definition) is 1. The van der Waals surface area contributed by atoms with Gasteiger partial charge in [-0.1, -0.05) is 36.4 Å². The van der Waals surface area contributed by atoms with Crippen LogP contribution in [-0.4, -0.2) is 21.5 Å². The van der Waals surface area contributed by atoms with Gasteiger partial charge in [-0.05, 0) is 30.1 Å². The van der Waals surface area contributed by atoms with E-state index in [0.29, 0.717) is 0 Å². The van der Waals surface area contributed by atoms with Crippen LogP contribution in [0.3, 0.4) is 0 Å². The number of benzene rings is 1. The summed E-state index contributed by atoms with van der Waals surface area (Å²) in [6.45, 7) is 3.04. The van der Waals surface area contributed by atoms with E-state index in [-0.39, 0.29) is 6.04 Å². The molecule has 4 nitrogen and oxygen atoms in total. The van der Waals surface area contributed by atoms with Crippen molar-refractivity contribution in [1.82, 2.24) is 20.3 Å². The molecule has 0 spiro atoms. The molecule has 2 aromatic heterocycles. The van der Waals surface area contributed by atoms with Gasteiger partial charge >= 0.3 is 0 Å². The van der Waals surface area contributed by atoms with Gasteiger partial charge in [0.15, 0.2) is 0 Å². The minimum atomic E-state index is 0.212. The number of likely N-dealkylation sites (N-methyl/N-ethyl adjacent to an activating group) is 1. The van der Waals surface area contributed by atoms with E-state index in [9.17, 15) is 0 Å². The van der Waals surface area contributed by atoms with Crippen LogP contribution >= 0.6 is 11.3 Å². The van der Waals surface area contributed by atoms with Crippen LogP contribution in [0.5, 0.6) is 0 Å². The first kappa shape index (κ1) is 14.0. The first-order valence-corrected chi connectivity index (χ1v) is 7.98. The van der Waals surface area contributed by atoms with Gasteiger partial charge in [-0.3, -0.25) is 0 Å². The highest BCUT2D eigenvalue weighted by Crippen LogP contribution is 2.22. The van der Waals surface area contributed by atoms with Gasteiger partial charge in [-0.2, -0.15) is 0 Å². The SMILES string of the molecule is CCNC(Cc1cccs1)c1cnnn1-c1ccccc1. The number of nitrogens with one attached hydrogen (secondary N) is 1. The summed E-state index contributed by atoms with van der Waals surface area (Å²) >= 11 is 1.79. The number of thiophene rings is 1. The summed E-state index contributed by atoms with van der Waals surface area (Å²) in [6.07, 6.45) is 2.81. The molecule has 0 bridgehead atoms. The molecule has 21 heavy (non-hydrogen) atoms. The number of nitrogens with zero attached hydrogens (tertiary/aromatic N) is 3. The first-order chi connectivity index (χ1) is 10.4. The van der Waals surface area contributed by atoms with Crippen LogP contribution in [0.25, 0.3) is 5.69 Å². The zero-order valence-electron chi connectivity index (χ0n) is 11.9. The van der Waals surface area contributed by atoms with Crippen LogP contribution < -0.4 is 5.32 Å². The van der Waals surface area contributed by atoms with Crippen LogP contribution in [0.1, 0.15) is 23.5 Å². The summed E-state index contributed by atoms with van der Waals surface area (Å²) in [6, 6.07) is 14.6. The normalized spacial score (nSPS) is 12.4. The van der Waals surface area contributed by atoms with E-state index in [1.165, 1.54) is 4.88 Å². The van der Waals surface area contributed by atoms with E-state index in [0.717, 1.165) is 24.3 Å². The Morgan fingerprint density at radius 1 is 1.19 bits per heavy atom. The van der Waals surface area contributed by atoms with E-state index < -0.39 is 0 Å². The van der Waals surface area contributed by atoms with Crippen molar-refractivity contribution >= 4 is 11.3 Å². The fraction of sp³-hybridized carbons (Fsp3) is 0.250. The van der Waals surface area contributed by atoms with Crippen LogP contribution in [0.4, 0.5) is 0 Å². The second-order valence-corrected chi connectivity index (χ2v) is 5.83. The molecule has 3 rings (SSSR count). The van der Waals surface area contributed by atoms with Crippen LogP contribution in [0.2, 0.25) is 0 Å². The Morgan fingerprint density at radius 3 is 2.76 bits per heavy atom. The minimum absolute atomic E-state index is 0.212. The van der Waals surface area contributed by atoms with Gasteiger partial charge in [-0.15, -0.1) is 16.4 Å². The number of rotatable bonds is 6. The third-order valence-electron chi connectivity index (χ3n) is 3.37. The van der Waals surface area contributed by atoms with Gasteiger partial charge in [-0.25, -0.2) is 4.68 Å². The molecule has 0 radical (unpaired) electrons. The highest BCUT2D eigenvalue weighted by molar-refractivity contribution is 7.09. The number of para-hydroxylation sites is 1. The predicted octanol–water partition coefficient (Wildman–Crippen LogP) is 3.22. The van der Waals surface area contributed by atoms with E-state index >= 15 is 0 Å². The van der Waals surface area contributed by atoms with Gasteiger partial charge in [0.1, 0.15) is 0 Å². The van der Waals surface area contributed by atoms with E-state index in [1.54, 1.807) is 11.3 Å². The second-order valence-electron chi connectivity index (χ2n) is 4.80. The highest BCUT2D eigenvalue weighted by atomic mass is 32.1. The van der Waals surface area contributed by atoms with Crippen LogP contribution in [0.15, 0.2) is 54.0 Å². The first-order valence-electron chi connectivity index (χ1n) is 7.10. The van der Waals surface area contributed by atoms with Gasteiger partial charge in [0.05, 0.1) is 23.6 Å². The zero-order chi connectivity index (χ0) is 14.5. The molecule has 3 aromatic rings. The van der Waals surface area contributed by atoms with Crippen molar-refractivity contribution in [3.05, 3.63) is 64.6 Å². The molecular formula is C16H18N4S. The Bertz CT molecular complexity index is 661. The molecule has 2 heterocycles. The summed E-state index contributed by atoms with van der Waals surface area (Å²) in [4.78, 5) is 1.36. The Hall–Kier alpha value is -1.98. The monoisotopic (exact) mass is 298 g/mol. The third kappa shape index (κ3) is 3.20. The maximum Gasteiger partial charge on any atom is 0.0818 e. The molecule has 1 atom stereocenters. The lowest BCUT2D eigenvalue weighted by molar-refractivity contribution is 0.524. The summed E-state index contributed by atoms with van der Waals surface area (Å²) < 4.78 is 1.92. The summed E-state index contributed by atoms with van der Waals surface area (Å²) in [5.74, 6) is 0. The molecule has 0 aliphatic rings. The van der Waals surface area contributed by atoms with Crippen molar-refractivity contribution < 1.29 is 0 Å². The molecule has 1 unspecified atom stereocenters. The second kappa shape index (κ2) is 6.65. The van der Waals surface area contributed by atoms with Gasteiger partial charge in [0, 0.05) is 11.3 Å². The third-order valence-corrected chi connectivity index (χ3v) is 4.27. The topological polar surface area (TPSA) is 42.7 Å². The fourth-order valence-corrected chi connectivity index (χ4v) is 3.16. The summed E-state index contributed by atoms with van der Waals surface area (Å²) in [5, 5.41) is 14.0. The standard InChI is InChI=1S/C16H18N4S/c1-2-17-15(11-14-9-6-10-21-14)16-12-18-19-20(16)13-7-4-3-5-8-13/h3-10,12,15,17H,2,11H2,1H3. The van der Waals surface area contributed by atoms with E-state index in [1.807, 2.05) is 41.2 Å². The largest absolute Gasteiger partial charge is 0.309 e. The zero-order valence-corrected chi connectivity index (χ0v) is 12.8. The van der Waals surface area contributed by atoms with Crippen molar-refractivity contribution in [2.24, 2.45) is 0 Å². The van der Waals surface area contributed by atoms with E-state index in [2.05, 4.69) is 40.1 Å². The minimum Gasteiger partial charge on any atom is -0.309 e. The summed E-state index contributed by atoms with van der Waals surface area (Å²) in [7, 11) is 0. The molecule has 0 amide bonds. The molecule has 0 saturated heterocycles. The molecule has 108 valence electrons. The van der Waals surface area contributed by atoms with Crippen molar-refractivity contribution in [2.45, 2.75) is 19.4 Å². The molecule has 1 N–H and O–H groups in total. The highest BCUT2D eigenvalue weighted by Gasteiger charge is 2.18. The maximum absolute atomic E-state index is 4.25. The Balaban J connectivity index is 1.91. The van der Waals surface area contributed by atoms with E-state index in [4.69, 9.17) is 0 Å². The lowest BCUT2D eigenvalue weighted by Crippen LogP contribution is -2.25. The molecule has 0 aliphatic heterocycles. The lowest BCUT2D eigenvalue weighted by Gasteiger charge is -2.18. The van der Waals surface area contributed by atoms with Crippen molar-refractivity contribution in [2.75, 3.05) is 6.54 Å². The molecule has 0 aliphatic carbocycles. The molecule has 1 aromatic carbocycles. The molecular weight excluding hydrogens is 280 g/mol. The van der Waals surface area contributed by atoms with Gasteiger partial charge < -0.3 is 5.32 Å². The Labute approximate surface area is 128 Å². The maximum atomic E-state index is 4.25. The fourth-order valence-electron chi connectivity index (χ4n) is 2.41. The van der Waals surface area contributed by atoms with Crippen molar-refractivity contribution in [3.8, 4) is 5.69 Å².